The Balaban J connectivity index is 1.93. The number of nitrogens with one attached hydrogen (secondary N) is 2. The minimum absolute atomic E-state index is 0.0872. The molecule has 0 bridgehead atoms. The molecule has 27 heavy (non-hydrogen) atoms. The van der Waals surface area contributed by atoms with Crippen molar-refractivity contribution in [1.29, 1.82) is 5.26 Å². The number of hydrogen-bond donors (Lipinski definition) is 2. The normalized spacial score (nSPS) is 10.6. The van der Waals surface area contributed by atoms with Crippen LogP contribution in [-0.2, 0) is 20.7 Å². The second-order valence-corrected chi connectivity index (χ2v) is 5.65. The van der Waals surface area contributed by atoms with E-state index in [1.807, 2.05) is 30.3 Å². The van der Waals surface area contributed by atoms with Gasteiger partial charge in [0.15, 0.2) is 5.57 Å². The fraction of sp³-hybridized carbons (Fsp3) is 0.190. The quantitative estimate of drug-likeness (QED) is 0.424. The molecule has 0 heterocycles. The summed E-state index contributed by atoms with van der Waals surface area (Å²) in [5, 5.41) is 14.7. The molecule has 0 spiro atoms. The van der Waals surface area contributed by atoms with Crippen molar-refractivity contribution in [3.05, 3.63) is 71.9 Å². The molecule has 2 N–H and O–H groups in total. The summed E-state index contributed by atoms with van der Waals surface area (Å²) in [4.78, 5) is 23.7. The first-order chi connectivity index (χ1) is 13.1. The van der Waals surface area contributed by atoms with Crippen LogP contribution in [-0.4, -0.2) is 18.5 Å². The van der Waals surface area contributed by atoms with Crippen LogP contribution in [0.25, 0.3) is 0 Å². The van der Waals surface area contributed by atoms with Crippen LogP contribution in [0.2, 0.25) is 0 Å². The van der Waals surface area contributed by atoms with Gasteiger partial charge in [0.05, 0.1) is 6.61 Å². The SMILES string of the molecule is CCOC(=O)/C(C#N)=C/Nc1cccc(NC(=O)CCc2ccccc2)c1. The molecule has 0 radical (unpaired) electrons. The van der Waals surface area contributed by atoms with Crippen LogP contribution in [0.15, 0.2) is 66.4 Å². The molecule has 6 nitrogen and oxygen atoms in total. The Bertz CT molecular complexity index is 854. The zero-order valence-corrected chi connectivity index (χ0v) is 15.1. The Labute approximate surface area is 158 Å². The first-order valence-corrected chi connectivity index (χ1v) is 8.60. The summed E-state index contributed by atoms with van der Waals surface area (Å²) in [5.74, 6) is -0.770. The van der Waals surface area contributed by atoms with Crippen LogP contribution in [0.5, 0.6) is 0 Å². The number of aryl methyl sites for hydroxylation is 1. The van der Waals surface area contributed by atoms with E-state index in [0.717, 1.165) is 5.56 Å². The molecule has 2 aromatic carbocycles. The second kappa shape index (κ2) is 10.4. The summed E-state index contributed by atoms with van der Waals surface area (Å²) in [6.45, 7) is 1.87. The topological polar surface area (TPSA) is 91.2 Å². The molecule has 0 aliphatic rings. The number of rotatable bonds is 8. The highest BCUT2D eigenvalue weighted by Gasteiger charge is 2.09. The highest BCUT2D eigenvalue weighted by molar-refractivity contribution is 5.93. The smallest absolute Gasteiger partial charge is 0.350 e. The van der Waals surface area contributed by atoms with Crippen LogP contribution in [0.1, 0.15) is 18.9 Å². The lowest BCUT2D eigenvalue weighted by molar-refractivity contribution is -0.138. The van der Waals surface area contributed by atoms with E-state index < -0.39 is 5.97 Å². The number of amides is 1. The van der Waals surface area contributed by atoms with Crippen LogP contribution in [0.3, 0.4) is 0 Å². The van der Waals surface area contributed by atoms with E-state index in [1.54, 1.807) is 37.3 Å². The van der Waals surface area contributed by atoms with Crippen molar-refractivity contribution in [2.45, 2.75) is 19.8 Å². The summed E-state index contributed by atoms with van der Waals surface area (Å²) in [7, 11) is 0. The average Bonchev–Trinajstić information content (AvgIpc) is 2.68. The molecule has 2 rings (SSSR count). The molecular formula is C21H21N3O3. The lowest BCUT2D eigenvalue weighted by Gasteiger charge is -2.08. The molecule has 0 fully saturated rings. The maximum absolute atomic E-state index is 12.1. The molecule has 0 saturated carbocycles. The predicted octanol–water partition coefficient (Wildman–Crippen LogP) is 3.64. The molecule has 0 saturated heterocycles. The number of nitrogens with zero attached hydrogens (tertiary/aromatic N) is 1. The van der Waals surface area contributed by atoms with E-state index in [-0.39, 0.29) is 18.1 Å². The van der Waals surface area contributed by atoms with Gasteiger partial charge in [0.1, 0.15) is 6.07 Å². The maximum atomic E-state index is 12.1. The van der Waals surface area contributed by atoms with Crippen LogP contribution >= 0.6 is 0 Å². The van der Waals surface area contributed by atoms with Gasteiger partial charge in [-0.2, -0.15) is 5.26 Å². The lowest BCUT2D eigenvalue weighted by atomic mass is 10.1. The Morgan fingerprint density at radius 1 is 1.11 bits per heavy atom. The van der Waals surface area contributed by atoms with Gasteiger partial charge in [-0.1, -0.05) is 36.4 Å². The summed E-state index contributed by atoms with van der Waals surface area (Å²) in [6, 6.07) is 18.6. The van der Waals surface area contributed by atoms with Crippen molar-refractivity contribution in [2.24, 2.45) is 0 Å². The van der Waals surface area contributed by atoms with E-state index in [2.05, 4.69) is 10.6 Å². The number of benzene rings is 2. The number of ether oxygens (including phenoxy) is 1. The summed E-state index contributed by atoms with van der Waals surface area (Å²) >= 11 is 0. The van der Waals surface area contributed by atoms with E-state index in [1.165, 1.54) is 6.20 Å². The molecule has 6 heteroatoms. The monoisotopic (exact) mass is 363 g/mol. The van der Waals surface area contributed by atoms with E-state index in [9.17, 15) is 9.59 Å². The predicted molar refractivity (Wildman–Crippen MR) is 104 cm³/mol. The van der Waals surface area contributed by atoms with Gasteiger partial charge in [0, 0.05) is 24.0 Å². The van der Waals surface area contributed by atoms with Crippen molar-refractivity contribution in [3.8, 4) is 6.07 Å². The molecule has 138 valence electrons. The first kappa shape index (κ1) is 19.7. The van der Waals surface area contributed by atoms with Crippen molar-refractivity contribution in [1.82, 2.24) is 0 Å². The zero-order chi connectivity index (χ0) is 19.5. The number of carbonyl (C=O) groups excluding carboxylic acids is 2. The van der Waals surface area contributed by atoms with E-state index in [4.69, 9.17) is 10.00 Å². The maximum Gasteiger partial charge on any atom is 0.350 e. The Kier molecular flexibility index (Phi) is 7.61. The fourth-order valence-electron chi connectivity index (χ4n) is 2.31. The standard InChI is InChI=1S/C21H21N3O3/c1-2-27-21(26)17(14-22)15-23-18-9-6-10-19(13-18)24-20(25)12-11-16-7-4-3-5-8-16/h3-10,13,15,23H,2,11-12H2,1H3,(H,24,25)/b17-15+. The number of anilines is 2. The van der Waals surface area contributed by atoms with Gasteiger partial charge < -0.3 is 15.4 Å². The van der Waals surface area contributed by atoms with Crippen LogP contribution < -0.4 is 10.6 Å². The summed E-state index contributed by atoms with van der Waals surface area (Å²) in [6.07, 6.45) is 2.33. The van der Waals surface area contributed by atoms with Crippen molar-refractivity contribution in [2.75, 3.05) is 17.2 Å². The van der Waals surface area contributed by atoms with Crippen molar-refractivity contribution in [3.63, 3.8) is 0 Å². The van der Waals surface area contributed by atoms with Crippen molar-refractivity contribution < 1.29 is 14.3 Å². The Morgan fingerprint density at radius 3 is 2.56 bits per heavy atom. The number of nitriles is 1. The first-order valence-electron chi connectivity index (χ1n) is 8.60. The average molecular weight is 363 g/mol. The van der Waals surface area contributed by atoms with E-state index >= 15 is 0 Å². The largest absolute Gasteiger partial charge is 0.462 e. The molecule has 0 atom stereocenters. The van der Waals surface area contributed by atoms with Crippen LogP contribution in [0.4, 0.5) is 11.4 Å². The minimum atomic E-state index is -0.683. The molecular weight excluding hydrogens is 342 g/mol. The van der Waals surface area contributed by atoms with Gasteiger partial charge >= 0.3 is 5.97 Å². The molecule has 0 unspecified atom stereocenters. The third-order valence-corrected chi connectivity index (χ3v) is 3.63. The van der Waals surface area contributed by atoms with Gasteiger partial charge in [-0.15, -0.1) is 0 Å². The van der Waals surface area contributed by atoms with E-state index in [0.29, 0.717) is 24.2 Å². The fourth-order valence-corrected chi connectivity index (χ4v) is 2.31. The molecule has 0 aliphatic carbocycles. The number of esters is 1. The molecule has 2 aromatic rings. The lowest BCUT2D eigenvalue weighted by Crippen LogP contribution is -2.12. The number of hydrogen-bond acceptors (Lipinski definition) is 5. The highest BCUT2D eigenvalue weighted by atomic mass is 16.5. The Morgan fingerprint density at radius 2 is 1.85 bits per heavy atom. The Hall–Kier alpha value is -3.59. The van der Waals surface area contributed by atoms with Gasteiger partial charge in [-0.25, -0.2) is 4.79 Å². The van der Waals surface area contributed by atoms with Gasteiger partial charge in [-0.3, -0.25) is 4.79 Å². The summed E-state index contributed by atoms with van der Waals surface area (Å²) < 4.78 is 4.80. The van der Waals surface area contributed by atoms with Gasteiger partial charge in [-0.05, 0) is 37.1 Å². The molecule has 0 aliphatic heterocycles. The second-order valence-electron chi connectivity index (χ2n) is 5.65. The summed E-state index contributed by atoms with van der Waals surface area (Å²) in [5.41, 5.74) is 2.24. The number of carbonyl (C=O) groups is 2. The van der Waals surface area contributed by atoms with Gasteiger partial charge in [0.2, 0.25) is 5.91 Å². The highest BCUT2D eigenvalue weighted by Crippen LogP contribution is 2.16. The van der Waals surface area contributed by atoms with Gasteiger partial charge in [0.25, 0.3) is 0 Å². The van der Waals surface area contributed by atoms with Crippen LogP contribution in [0, 0.1) is 11.3 Å². The molecule has 0 aromatic heterocycles. The van der Waals surface area contributed by atoms with Crippen molar-refractivity contribution >= 4 is 23.3 Å². The molecule has 1 amide bonds. The third kappa shape index (κ3) is 6.67. The zero-order valence-electron chi connectivity index (χ0n) is 15.1. The minimum Gasteiger partial charge on any atom is -0.462 e. The third-order valence-electron chi connectivity index (χ3n) is 3.63.